The molecule has 4 heteroatoms. The first kappa shape index (κ1) is 38.1. The van der Waals surface area contributed by atoms with Gasteiger partial charge in [0.25, 0.3) is 0 Å². The van der Waals surface area contributed by atoms with Gasteiger partial charge in [-0.2, -0.15) is 0 Å². The van der Waals surface area contributed by atoms with Crippen LogP contribution >= 0.6 is 0 Å². The van der Waals surface area contributed by atoms with E-state index in [9.17, 15) is 0 Å². The Morgan fingerprint density at radius 3 is 1.88 bits per heavy atom. The summed E-state index contributed by atoms with van der Waals surface area (Å²) < 4.78 is 4.79. The van der Waals surface area contributed by atoms with Crippen molar-refractivity contribution in [1.82, 2.24) is 9.13 Å². The number of allylic oxidation sites excluding steroid dienone is 4. The van der Waals surface area contributed by atoms with Crippen LogP contribution in [0.1, 0.15) is 60.7 Å². The highest BCUT2D eigenvalue weighted by Gasteiger charge is 2.37. The zero-order valence-corrected chi connectivity index (χ0v) is 37.4. The Balaban J connectivity index is 0.891. The Bertz CT molecular complexity index is 3980. The van der Waals surface area contributed by atoms with E-state index in [2.05, 4.69) is 229 Å². The van der Waals surface area contributed by atoms with Crippen molar-refractivity contribution in [3.8, 4) is 22.5 Å². The molecule has 9 aromatic carbocycles. The maximum Gasteiger partial charge on any atom is 0.0695 e. The topological polar surface area (TPSA) is 36.3 Å². The largest absolute Gasteiger partial charge is 0.659 e. The molecule has 67 heavy (non-hydrogen) atoms. The molecule has 0 spiro atoms. The van der Waals surface area contributed by atoms with Crippen LogP contribution < -0.4 is 0 Å². The minimum Gasteiger partial charge on any atom is -0.659 e. The predicted octanol–water partition coefficient (Wildman–Crippen LogP) is 16.7. The Morgan fingerprint density at radius 2 is 1.13 bits per heavy atom. The van der Waals surface area contributed by atoms with Crippen molar-refractivity contribution in [2.75, 3.05) is 0 Å². The zero-order valence-electron chi connectivity index (χ0n) is 37.4. The van der Waals surface area contributed by atoms with E-state index in [4.69, 9.17) is 10.3 Å². The lowest BCUT2D eigenvalue weighted by atomic mass is 9.80. The van der Waals surface area contributed by atoms with Crippen LogP contribution in [0.15, 0.2) is 217 Å². The maximum atomic E-state index is 5.60. The number of aromatic nitrogens is 2. The van der Waals surface area contributed by atoms with Crippen LogP contribution in [-0.4, -0.2) is 14.8 Å². The van der Waals surface area contributed by atoms with Crippen molar-refractivity contribution < 1.29 is 0 Å². The summed E-state index contributed by atoms with van der Waals surface area (Å²) >= 11 is 0. The molecule has 2 aliphatic carbocycles. The van der Waals surface area contributed by atoms with Gasteiger partial charge in [-0.05, 0) is 135 Å². The molecule has 0 fully saturated rings. The van der Waals surface area contributed by atoms with Gasteiger partial charge in [0, 0.05) is 50.1 Å². The lowest BCUT2D eigenvalue weighted by Gasteiger charge is -2.39. The van der Waals surface area contributed by atoms with E-state index < -0.39 is 6.17 Å². The fraction of sp³-hybridized carbons (Fsp3) is 0.0952. The van der Waals surface area contributed by atoms with Crippen LogP contribution in [0.2, 0.25) is 0 Å². The highest BCUT2D eigenvalue weighted by Crippen LogP contribution is 2.51. The maximum absolute atomic E-state index is 5.60. The van der Waals surface area contributed by atoms with Crippen molar-refractivity contribution in [3.05, 3.63) is 245 Å². The molecule has 1 unspecified atom stereocenters. The third-order valence-corrected chi connectivity index (χ3v) is 14.9. The summed E-state index contributed by atoms with van der Waals surface area (Å²) in [5.74, 6) is 0. The lowest BCUT2D eigenvalue weighted by Crippen LogP contribution is -2.17. The zero-order chi connectivity index (χ0) is 44.4. The first-order chi connectivity index (χ1) is 33.0. The SMILES string of the molecule is CC1(C)C2=C(CCC=C2)c2cc(C3=NC(c4cccc(-n5c6ccccc6c6cc(-c7ccc8c(c7)c7ccccc7n8-c7ccccc7)ccc65)c4)[N-]c4c3ccc3ccccc43)ccc21. The highest BCUT2D eigenvalue weighted by atomic mass is 15.1. The van der Waals surface area contributed by atoms with Crippen LogP contribution in [0, 0.1) is 0 Å². The molecular weight excluding hydrogens is 813 g/mol. The van der Waals surface area contributed by atoms with Crippen molar-refractivity contribution >= 4 is 71.4 Å². The van der Waals surface area contributed by atoms with Crippen LogP contribution in [0.25, 0.3) is 87.8 Å². The quantitative estimate of drug-likeness (QED) is 0.165. The molecular formula is C63H45N4-. The Labute approximate surface area is 389 Å². The van der Waals surface area contributed by atoms with E-state index in [1.165, 1.54) is 82.6 Å². The molecule has 0 radical (unpaired) electrons. The van der Waals surface area contributed by atoms with E-state index in [0.29, 0.717) is 0 Å². The first-order valence-electron chi connectivity index (χ1n) is 23.6. The van der Waals surface area contributed by atoms with Crippen molar-refractivity contribution in [2.45, 2.75) is 38.3 Å². The Hall–Kier alpha value is -8.21. The molecule has 0 saturated heterocycles. The molecule has 11 aromatic rings. The number of benzene rings is 9. The van der Waals surface area contributed by atoms with Gasteiger partial charge in [0.15, 0.2) is 0 Å². The molecule has 3 aliphatic rings. The van der Waals surface area contributed by atoms with Gasteiger partial charge in [-0.15, -0.1) is 5.69 Å². The van der Waals surface area contributed by atoms with Gasteiger partial charge in [0.2, 0.25) is 0 Å². The van der Waals surface area contributed by atoms with E-state index in [1.54, 1.807) is 0 Å². The third-order valence-electron chi connectivity index (χ3n) is 14.9. The third kappa shape index (κ3) is 5.69. The molecule has 0 N–H and O–H groups in total. The summed E-state index contributed by atoms with van der Waals surface area (Å²) in [4.78, 5) is 5.60. The second-order valence-electron chi connectivity index (χ2n) is 19.0. The van der Waals surface area contributed by atoms with Crippen LogP contribution in [0.4, 0.5) is 5.69 Å². The molecule has 3 heterocycles. The van der Waals surface area contributed by atoms with Gasteiger partial charge in [-0.1, -0.05) is 153 Å². The second-order valence-corrected chi connectivity index (χ2v) is 19.0. The number of nitrogens with zero attached hydrogens (tertiary/aromatic N) is 4. The average Bonchev–Trinajstić information content (AvgIpc) is 3.98. The van der Waals surface area contributed by atoms with E-state index in [1.807, 2.05) is 0 Å². The monoisotopic (exact) mass is 857 g/mol. The summed E-state index contributed by atoms with van der Waals surface area (Å²) in [5, 5.41) is 12.8. The summed E-state index contributed by atoms with van der Waals surface area (Å²) in [5.41, 5.74) is 20.4. The molecule has 4 nitrogen and oxygen atoms in total. The lowest BCUT2D eigenvalue weighted by molar-refractivity contribution is 0.651. The van der Waals surface area contributed by atoms with Crippen LogP contribution in [0.5, 0.6) is 0 Å². The molecule has 14 rings (SSSR count). The molecule has 318 valence electrons. The number of para-hydroxylation sites is 3. The summed E-state index contributed by atoms with van der Waals surface area (Å²) in [6, 6.07) is 71.2. The predicted molar refractivity (Wildman–Crippen MR) is 281 cm³/mol. The van der Waals surface area contributed by atoms with Gasteiger partial charge in [0.1, 0.15) is 0 Å². The number of rotatable bonds is 5. The van der Waals surface area contributed by atoms with Gasteiger partial charge in [-0.25, -0.2) is 0 Å². The summed E-state index contributed by atoms with van der Waals surface area (Å²) in [6.45, 7) is 4.74. The molecule has 1 atom stereocenters. The van der Waals surface area contributed by atoms with Crippen molar-refractivity contribution in [2.24, 2.45) is 4.99 Å². The van der Waals surface area contributed by atoms with E-state index >= 15 is 0 Å². The minimum atomic E-state index is -0.423. The number of hydrogen-bond acceptors (Lipinski definition) is 1. The molecule has 0 bridgehead atoms. The van der Waals surface area contributed by atoms with Crippen LogP contribution in [-0.2, 0) is 5.41 Å². The number of fused-ring (bicyclic) bond motifs is 11. The average molecular weight is 858 g/mol. The van der Waals surface area contributed by atoms with Gasteiger partial charge >= 0.3 is 0 Å². The normalized spacial score (nSPS) is 16.1. The fourth-order valence-electron chi connectivity index (χ4n) is 11.7. The number of hydrogen-bond donors (Lipinski definition) is 0. The molecule has 1 aliphatic heterocycles. The Kier molecular flexibility index (Phi) is 8.18. The van der Waals surface area contributed by atoms with Crippen LogP contribution in [0.3, 0.4) is 0 Å². The van der Waals surface area contributed by atoms with Crippen molar-refractivity contribution in [3.63, 3.8) is 0 Å². The second kappa shape index (κ2) is 14.4. The van der Waals surface area contributed by atoms with Gasteiger partial charge < -0.3 is 14.5 Å². The standard InChI is InChI=1S/C63H45N4/c1-63(2)54-24-11-8-21-47(54)51-38-42(28-32-55(51)63)60-50-31-27-39-15-6-7-20-46(39)61(50)65-62(64-60)43-16-14-19-45(35-43)67-57-26-13-10-23-49(57)53-37-41(30-34-59(53)67)40-29-33-58-52(36-40)48-22-9-12-25-56(48)66(58)44-17-4-3-5-18-44/h3-7,9-20,22-38,62H,8,21H2,1-2H3/q-1. The number of aliphatic imine (C=N–C) groups is 1. The Morgan fingerprint density at radius 1 is 0.507 bits per heavy atom. The minimum absolute atomic E-state index is 0.0188. The fourth-order valence-corrected chi connectivity index (χ4v) is 11.7. The highest BCUT2D eigenvalue weighted by molar-refractivity contribution is 6.21. The van der Waals surface area contributed by atoms with Gasteiger partial charge in [0.05, 0.1) is 27.8 Å². The first-order valence-corrected chi connectivity index (χ1v) is 23.6. The van der Waals surface area contributed by atoms with Gasteiger partial charge in [-0.3, -0.25) is 4.99 Å². The van der Waals surface area contributed by atoms with Crippen molar-refractivity contribution in [1.29, 1.82) is 0 Å². The summed E-state index contributed by atoms with van der Waals surface area (Å²) in [6.07, 6.45) is 6.43. The van der Waals surface area contributed by atoms with E-state index in [0.717, 1.165) is 57.5 Å². The molecule has 2 aromatic heterocycles. The summed E-state index contributed by atoms with van der Waals surface area (Å²) in [7, 11) is 0. The molecule has 0 amide bonds. The van der Waals surface area contributed by atoms with E-state index in [-0.39, 0.29) is 5.41 Å². The molecule has 0 saturated carbocycles. The smallest absolute Gasteiger partial charge is 0.0695 e.